The molecule has 0 aliphatic carbocycles. The highest BCUT2D eigenvalue weighted by molar-refractivity contribution is 5.97. The minimum absolute atomic E-state index is 0.0219. The zero-order valence-corrected chi connectivity index (χ0v) is 13.3. The van der Waals surface area contributed by atoms with Crippen molar-refractivity contribution < 1.29 is 9.59 Å². The van der Waals surface area contributed by atoms with Gasteiger partial charge in [-0.15, -0.1) is 0 Å². The molecule has 2 amide bonds. The number of nitrogens with zero attached hydrogens (tertiary/aromatic N) is 3. The Labute approximate surface area is 125 Å². The van der Waals surface area contributed by atoms with Gasteiger partial charge < -0.3 is 14.8 Å². The Kier molecular flexibility index (Phi) is 4.34. The fraction of sp³-hybridized carbons (Fsp3) is 0.667. The second-order valence-electron chi connectivity index (χ2n) is 6.34. The van der Waals surface area contributed by atoms with Crippen LogP contribution in [0.2, 0.25) is 0 Å². The maximum Gasteiger partial charge on any atom is 0.246 e. The largest absolute Gasteiger partial charge is 0.342 e. The lowest BCUT2D eigenvalue weighted by Gasteiger charge is -2.41. The van der Waals surface area contributed by atoms with Crippen LogP contribution in [0.5, 0.6) is 0 Å². The molecule has 0 aromatic carbocycles. The molecule has 1 aromatic heterocycles. The van der Waals surface area contributed by atoms with Crippen molar-refractivity contribution in [2.24, 2.45) is 18.9 Å². The second-order valence-corrected chi connectivity index (χ2v) is 6.34. The first-order chi connectivity index (χ1) is 9.82. The van der Waals surface area contributed by atoms with E-state index in [0.29, 0.717) is 6.54 Å². The molecule has 2 atom stereocenters. The summed E-state index contributed by atoms with van der Waals surface area (Å²) in [6.07, 6.45) is 3.54. The molecule has 0 saturated carbocycles. The van der Waals surface area contributed by atoms with Crippen molar-refractivity contribution in [1.82, 2.24) is 19.8 Å². The molecule has 1 saturated heterocycles. The second kappa shape index (κ2) is 5.87. The smallest absolute Gasteiger partial charge is 0.246 e. The fourth-order valence-corrected chi connectivity index (χ4v) is 2.75. The fourth-order valence-electron chi connectivity index (χ4n) is 2.75. The van der Waals surface area contributed by atoms with Crippen LogP contribution in [0.4, 0.5) is 0 Å². The van der Waals surface area contributed by atoms with E-state index in [9.17, 15) is 9.59 Å². The molecule has 2 rings (SSSR count). The first-order valence-corrected chi connectivity index (χ1v) is 7.40. The molecule has 21 heavy (non-hydrogen) atoms. The van der Waals surface area contributed by atoms with Crippen molar-refractivity contribution in [2.75, 3.05) is 0 Å². The van der Waals surface area contributed by atoms with Gasteiger partial charge in [-0.05, 0) is 11.8 Å². The third-order valence-corrected chi connectivity index (χ3v) is 3.98. The number of hydrogen-bond donors (Lipinski definition) is 1. The van der Waals surface area contributed by atoms with E-state index in [1.165, 1.54) is 0 Å². The van der Waals surface area contributed by atoms with Crippen LogP contribution < -0.4 is 5.32 Å². The Hall–Kier alpha value is -1.85. The summed E-state index contributed by atoms with van der Waals surface area (Å²) in [4.78, 5) is 31.1. The number of aromatic nitrogens is 2. The Morgan fingerprint density at radius 2 is 1.90 bits per heavy atom. The minimum Gasteiger partial charge on any atom is -0.342 e. The van der Waals surface area contributed by atoms with Gasteiger partial charge in [0, 0.05) is 19.4 Å². The zero-order chi connectivity index (χ0) is 15.7. The lowest BCUT2D eigenvalue weighted by Crippen LogP contribution is -2.65. The summed E-state index contributed by atoms with van der Waals surface area (Å²) in [5.74, 6) is 0.816. The maximum atomic E-state index is 12.7. The number of hydrogen-bond acceptors (Lipinski definition) is 3. The van der Waals surface area contributed by atoms with E-state index < -0.39 is 12.1 Å². The summed E-state index contributed by atoms with van der Waals surface area (Å²) < 4.78 is 1.88. The van der Waals surface area contributed by atoms with Gasteiger partial charge in [0.2, 0.25) is 11.8 Å². The van der Waals surface area contributed by atoms with E-state index >= 15 is 0 Å². The molecular formula is C15H24N4O2. The van der Waals surface area contributed by atoms with Gasteiger partial charge in [-0.2, -0.15) is 0 Å². The molecule has 2 unspecified atom stereocenters. The SMILES string of the molecule is CC(C)C1NC(=O)C(C(C)C)N(Cc2nccn2C)C1=O. The summed E-state index contributed by atoms with van der Waals surface area (Å²) in [5, 5.41) is 2.86. The minimum atomic E-state index is -0.451. The monoisotopic (exact) mass is 292 g/mol. The number of nitrogens with one attached hydrogen (secondary N) is 1. The Bertz CT molecular complexity index is 536. The van der Waals surface area contributed by atoms with Crippen LogP contribution in [0, 0.1) is 11.8 Å². The number of aryl methyl sites for hydroxylation is 1. The molecule has 6 heteroatoms. The number of piperazine rings is 1. The summed E-state index contributed by atoms with van der Waals surface area (Å²) in [7, 11) is 1.89. The molecule has 1 aliphatic rings. The van der Waals surface area contributed by atoms with Gasteiger partial charge in [-0.25, -0.2) is 4.98 Å². The van der Waals surface area contributed by atoms with Crippen molar-refractivity contribution in [3.05, 3.63) is 18.2 Å². The molecule has 1 fully saturated rings. The van der Waals surface area contributed by atoms with Gasteiger partial charge >= 0.3 is 0 Å². The van der Waals surface area contributed by atoms with Crippen LogP contribution >= 0.6 is 0 Å². The lowest BCUT2D eigenvalue weighted by molar-refractivity contribution is -0.153. The van der Waals surface area contributed by atoms with Gasteiger partial charge in [-0.1, -0.05) is 27.7 Å². The van der Waals surface area contributed by atoms with Crippen LogP contribution in [0.1, 0.15) is 33.5 Å². The van der Waals surface area contributed by atoms with Crippen LogP contribution in [0.25, 0.3) is 0 Å². The summed E-state index contributed by atoms with van der Waals surface area (Å²) in [6, 6.07) is -0.892. The van der Waals surface area contributed by atoms with Gasteiger partial charge in [-0.3, -0.25) is 9.59 Å². The predicted octanol–water partition coefficient (Wildman–Crippen LogP) is 0.928. The van der Waals surface area contributed by atoms with Crippen LogP contribution in [-0.4, -0.2) is 38.3 Å². The van der Waals surface area contributed by atoms with E-state index in [1.54, 1.807) is 11.1 Å². The normalized spacial score (nSPS) is 23.1. The van der Waals surface area contributed by atoms with Crippen molar-refractivity contribution in [3.63, 3.8) is 0 Å². The first-order valence-electron chi connectivity index (χ1n) is 7.40. The zero-order valence-electron chi connectivity index (χ0n) is 13.3. The number of carbonyl (C=O) groups is 2. The summed E-state index contributed by atoms with van der Waals surface area (Å²) in [5.41, 5.74) is 0. The van der Waals surface area contributed by atoms with E-state index in [0.717, 1.165) is 5.82 Å². The molecule has 116 valence electrons. The molecule has 6 nitrogen and oxygen atoms in total. The first kappa shape index (κ1) is 15.5. The van der Waals surface area contributed by atoms with E-state index in [1.807, 2.05) is 45.5 Å². The highest BCUT2D eigenvalue weighted by Gasteiger charge is 2.43. The van der Waals surface area contributed by atoms with Crippen LogP contribution in [0.3, 0.4) is 0 Å². The maximum absolute atomic E-state index is 12.7. The van der Waals surface area contributed by atoms with Gasteiger partial charge in [0.25, 0.3) is 0 Å². The number of imidazole rings is 1. The molecule has 0 bridgehead atoms. The quantitative estimate of drug-likeness (QED) is 0.897. The molecule has 1 N–H and O–H groups in total. The third-order valence-electron chi connectivity index (χ3n) is 3.98. The topological polar surface area (TPSA) is 67.2 Å². The summed E-state index contributed by atoms with van der Waals surface area (Å²) in [6.45, 7) is 8.16. The number of rotatable bonds is 4. The van der Waals surface area contributed by atoms with Crippen LogP contribution in [-0.2, 0) is 23.2 Å². The van der Waals surface area contributed by atoms with Crippen molar-refractivity contribution in [2.45, 2.75) is 46.3 Å². The van der Waals surface area contributed by atoms with Crippen molar-refractivity contribution >= 4 is 11.8 Å². The molecule has 1 aromatic rings. The average molecular weight is 292 g/mol. The lowest BCUT2D eigenvalue weighted by atomic mass is 9.93. The van der Waals surface area contributed by atoms with Crippen LogP contribution in [0.15, 0.2) is 12.4 Å². The molecule has 0 spiro atoms. The van der Waals surface area contributed by atoms with Crippen molar-refractivity contribution in [1.29, 1.82) is 0 Å². The average Bonchev–Trinajstić information content (AvgIpc) is 2.78. The Morgan fingerprint density at radius 1 is 1.24 bits per heavy atom. The standard InChI is InChI=1S/C15H24N4O2/c1-9(2)12-15(21)19(8-11-16-6-7-18(11)5)13(10(3)4)14(20)17-12/h6-7,9-10,12-13H,8H2,1-5H3,(H,17,20). The van der Waals surface area contributed by atoms with Crippen molar-refractivity contribution in [3.8, 4) is 0 Å². The Balaban J connectivity index is 2.32. The molecule has 2 heterocycles. The van der Waals surface area contributed by atoms with Gasteiger partial charge in [0.05, 0.1) is 6.54 Å². The van der Waals surface area contributed by atoms with Gasteiger partial charge in [0.1, 0.15) is 17.9 Å². The number of amides is 2. The molecular weight excluding hydrogens is 268 g/mol. The Morgan fingerprint density at radius 3 is 2.38 bits per heavy atom. The number of carbonyl (C=O) groups excluding carboxylic acids is 2. The third kappa shape index (κ3) is 2.94. The summed E-state index contributed by atoms with van der Waals surface area (Å²) >= 11 is 0. The van der Waals surface area contributed by atoms with E-state index in [2.05, 4.69) is 10.3 Å². The highest BCUT2D eigenvalue weighted by Crippen LogP contribution is 2.22. The highest BCUT2D eigenvalue weighted by atomic mass is 16.2. The van der Waals surface area contributed by atoms with E-state index in [-0.39, 0.29) is 23.7 Å². The predicted molar refractivity (Wildman–Crippen MR) is 79.2 cm³/mol. The molecule has 0 radical (unpaired) electrons. The van der Waals surface area contributed by atoms with E-state index in [4.69, 9.17) is 0 Å². The molecule has 1 aliphatic heterocycles. The van der Waals surface area contributed by atoms with Gasteiger partial charge in [0.15, 0.2) is 0 Å².